The molecule has 0 unspecified atom stereocenters. The lowest BCUT2D eigenvalue weighted by atomic mass is 9.90. The Kier molecular flexibility index (Phi) is 5.20. The molecule has 1 fully saturated rings. The van der Waals surface area contributed by atoms with E-state index >= 15 is 0 Å². The fourth-order valence-corrected chi connectivity index (χ4v) is 2.99. The Hall–Kier alpha value is -2.42. The van der Waals surface area contributed by atoms with Gasteiger partial charge < -0.3 is 0 Å². The normalized spacial score (nSPS) is 15.7. The fraction of sp³-hybridized carbons (Fsp3) is 0.300. The van der Waals surface area contributed by atoms with Crippen LogP contribution in [0.15, 0.2) is 59.7 Å². The van der Waals surface area contributed by atoms with Crippen molar-refractivity contribution < 1.29 is 4.79 Å². The average molecular weight is 306 g/mol. The van der Waals surface area contributed by atoms with Crippen molar-refractivity contribution >= 4 is 12.1 Å². The first kappa shape index (κ1) is 15.5. The van der Waals surface area contributed by atoms with E-state index in [1.54, 1.807) is 0 Å². The second-order valence-electron chi connectivity index (χ2n) is 6.06. The van der Waals surface area contributed by atoms with Crippen LogP contribution < -0.4 is 5.43 Å². The van der Waals surface area contributed by atoms with E-state index in [0.29, 0.717) is 11.5 Å². The van der Waals surface area contributed by atoms with Gasteiger partial charge in [-0.1, -0.05) is 61.7 Å². The van der Waals surface area contributed by atoms with Gasteiger partial charge in [-0.3, -0.25) is 4.79 Å². The summed E-state index contributed by atoms with van der Waals surface area (Å²) in [5.74, 6) is 0.362. The topological polar surface area (TPSA) is 41.5 Å². The van der Waals surface area contributed by atoms with Crippen molar-refractivity contribution in [2.24, 2.45) is 11.0 Å². The number of carbonyl (C=O) groups is 1. The molecule has 0 aromatic heterocycles. The van der Waals surface area contributed by atoms with E-state index in [0.717, 1.165) is 11.1 Å². The molecule has 3 nitrogen and oxygen atoms in total. The SMILES string of the molecule is O=C(N/N=C/C1CCCCC1)c1ccc(-c2ccccc2)cc1. The van der Waals surface area contributed by atoms with E-state index in [2.05, 4.69) is 22.7 Å². The Morgan fingerprint density at radius 1 is 0.913 bits per heavy atom. The summed E-state index contributed by atoms with van der Waals surface area (Å²) in [5, 5.41) is 4.13. The highest BCUT2D eigenvalue weighted by atomic mass is 16.2. The largest absolute Gasteiger partial charge is 0.271 e. The van der Waals surface area contributed by atoms with Gasteiger partial charge in [0.15, 0.2) is 0 Å². The molecule has 0 bridgehead atoms. The molecule has 118 valence electrons. The highest BCUT2D eigenvalue weighted by Gasteiger charge is 2.11. The lowest BCUT2D eigenvalue weighted by Crippen LogP contribution is -2.19. The molecule has 0 saturated heterocycles. The van der Waals surface area contributed by atoms with E-state index in [9.17, 15) is 4.79 Å². The summed E-state index contributed by atoms with van der Waals surface area (Å²) >= 11 is 0. The summed E-state index contributed by atoms with van der Waals surface area (Å²) in [7, 11) is 0. The van der Waals surface area contributed by atoms with Crippen molar-refractivity contribution in [2.75, 3.05) is 0 Å². The van der Waals surface area contributed by atoms with Gasteiger partial charge in [0.05, 0.1) is 0 Å². The van der Waals surface area contributed by atoms with Crippen LogP contribution in [-0.4, -0.2) is 12.1 Å². The summed E-state index contributed by atoms with van der Waals surface area (Å²) < 4.78 is 0. The highest BCUT2D eigenvalue weighted by Crippen LogP contribution is 2.22. The van der Waals surface area contributed by atoms with E-state index in [1.807, 2.05) is 48.7 Å². The predicted molar refractivity (Wildman–Crippen MR) is 94.4 cm³/mol. The second kappa shape index (κ2) is 7.73. The van der Waals surface area contributed by atoms with Gasteiger partial charge in [-0.25, -0.2) is 5.43 Å². The molecule has 1 amide bonds. The summed E-state index contributed by atoms with van der Waals surface area (Å²) in [6.45, 7) is 0. The molecule has 23 heavy (non-hydrogen) atoms. The van der Waals surface area contributed by atoms with E-state index in [4.69, 9.17) is 0 Å². The van der Waals surface area contributed by atoms with Crippen LogP contribution in [0, 0.1) is 5.92 Å². The molecule has 0 heterocycles. The monoisotopic (exact) mass is 306 g/mol. The Morgan fingerprint density at radius 3 is 2.26 bits per heavy atom. The molecule has 0 spiro atoms. The number of hydrogen-bond acceptors (Lipinski definition) is 2. The lowest BCUT2D eigenvalue weighted by Gasteiger charge is -2.16. The number of nitrogens with one attached hydrogen (secondary N) is 1. The molecule has 1 saturated carbocycles. The lowest BCUT2D eigenvalue weighted by molar-refractivity contribution is 0.0955. The summed E-state index contributed by atoms with van der Waals surface area (Å²) in [6.07, 6.45) is 8.13. The maximum Gasteiger partial charge on any atom is 0.271 e. The van der Waals surface area contributed by atoms with Crippen molar-refractivity contribution in [3.8, 4) is 11.1 Å². The van der Waals surface area contributed by atoms with Crippen LogP contribution in [0.5, 0.6) is 0 Å². The van der Waals surface area contributed by atoms with Gasteiger partial charge in [-0.15, -0.1) is 0 Å². The Labute approximate surface area is 137 Å². The van der Waals surface area contributed by atoms with Crippen molar-refractivity contribution in [2.45, 2.75) is 32.1 Å². The minimum Gasteiger partial charge on any atom is -0.267 e. The van der Waals surface area contributed by atoms with Crippen LogP contribution in [0.4, 0.5) is 0 Å². The second-order valence-corrected chi connectivity index (χ2v) is 6.06. The van der Waals surface area contributed by atoms with Gasteiger partial charge in [0, 0.05) is 11.8 Å². The summed E-state index contributed by atoms with van der Waals surface area (Å²) in [6, 6.07) is 17.8. The first-order valence-electron chi connectivity index (χ1n) is 8.32. The van der Waals surface area contributed by atoms with Crippen LogP contribution >= 0.6 is 0 Å². The fourth-order valence-electron chi connectivity index (χ4n) is 2.99. The molecule has 1 N–H and O–H groups in total. The molecule has 3 heteroatoms. The van der Waals surface area contributed by atoms with E-state index < -0.39 is 0 Å². The van der Waals surface area contributed by atoms with Crippen molar-refractivity contribution in [1.82, 2.24) is 5.43 Å². The van der Waals surface area contributed by atoms with Gasteiger partial charge in [0.1, 0.15) is 0 Å². The van der Waals surface area contributed by atoms with Crippen LogP contribution in [0.25, 0.3) is 11.1 Å². The van der Waals surface area contributed by atoms with E-state index in [-0.39, 0.29) is 5.91 Å². The third kappa shape index (κ3) is 4.28. The summed E-state index contributed by atoms with van der Waals surface area (Å²) in [4.78, 5) is 12.1. The average Bonchev–Trinajstić information content (AvgIpc) is 2.63. The zero-order valence-electron chi connectivity index (χ0n) is 13.2. The third-order valence-corrected chi connectivity index (χ3v) is 4.36. The minimum absolute atomic E-state index is 0.156. The number of carbonyl (C=O) groups excluding carboxylic acids is 1. The van der Waals surface area contributed by atoms with E-state index in [1.165, 1.54) is 32.1 Å². The van der Waals surface area contributed by atoms with Crippen LogP contribution in [0.1, 0.15) is 42.5 Å². The summed E-state index contributed by atoms with van der Waals surface area (Å²) in [5.41, 5.74) is 5.52. The standard InChI is InChI=1S/C20H22N2O/c23-20(22-21-15-16-7-3-1-4-8-16)19-13-11-18(12-14-19)17-9-5-2-6-10-17/h2,5-6,9-16H,1,3-4,7-8H2,(H,22,23)/b21-15+. The van der Waals surface area contributed by atoms with Crippen LogP contribution in [0.3, 0.4) is 0 Å². The van der Waals surface area contributed by atoms with Crippen LogP contribution in [0.2, 0.25) is 0 Å². The molecular formula is C20H22N2O. The smallest absolute Gasteiger partial charge is 0.267 e. The third-order valence-electron chi connectivity index (χ3n) is 4.36. The number of nitrogens with zero attached hydrogens (tertiary/aromatic N) is 1. The highest BCUT2D eigenvalue weighted by molar-refractivity contribution is 5.94. The van der Waals surface area contributed by atoms with Gasteiger partial charge in [0.2, 0.25) is 0 Å². The Morgan fingerprint density at radius 2 is 1.57 bits per heavy atom. The molecular weight excluding hydrogens is 284 g/mol. The zero-order valence-corrected chi connectivity index (χ0v) is 13.2. The maximum absolute atomic E-state index is 12.1. The number of benzene rings is 2. The molecule has 2 aromatic carbocycles. The predicted octanol–water partition coefficient (Wildman–Crippen LogP) is 4.65. The van der Waals surface area contributed by atoms with Gasteiger partial charge in [0.25, 0.3) is 5.91 Å². The molecule has 1 aliphatic rings. The molecule has 3 rings (SSSR count). The number of amides is 1. The quantitative estimate of drug-likeness (QED) is 0.648. The number of rotatable bonds is 4. The number of hydrogen-bond donors (Lipinski definition) is 1. The molecule has 0 atom stereocenters. The number of hydrazone groups is 1. The molecule has 0 radical (unpaired) electrons. The minimum atomic E-state index is -0.156. The molecule has 1 aliphatic carbocycles. The molecule has 2 aromatic rings. The first-order valence-corrected chi connectivity index (χ1v) is 8.32. The Bertz CT molecular complexity index is 656. The first-order chi connectivity index (χ1) is 11.3. The zero-order chi connectivity index (χ0) is 15.9. The van der Waals surface area contributed by atoms with Crippen molar-refractivity contribution in [3.63, 3.8) is 0 Å². The molecule has 0 aliphatic heterocycles. The Balaban J connectivity index is 1.58. The van der Waals surface area contributed by atoms with Crippen molar-refractivity contribution in [1.29, 1.82) is 0 Å². The van der Waals surface area contributed by atoms with Gasteiger partial charge >= 0.3 is 0 Å². The van der Waals surface area contributed by atoms with Crippen molar-refractivity contribution in [3.05, 3.63) is 60.2 Å². The van der Waals surface area contributed by atoms with Gasteiger partial charge in [-0.2, -0.15) is 5.10 Å². The van der Waals surface area contributed by atoms with Gasteiger partial charge in [-0.05, 0) is 42.0 Å². The van der Waals surface area contributed by atoms with Crippen LogP contribution in [-0.2, 0) is 0 Å². The maximum atomic E-state index is 12.1.